The van der Waals surface area contributed by atoms with Crippen LogP contribution in [0.4, 0.5) is 0 Å². The second-order valence-corrected chi connectivity index (χ2v) is 6.02. The minimum atomic E-state index is -3.79. The van der Waals surface area contributed by atoms with Crippen LogP contribution in [0.3, 0.4) is 0 Å². The van der Waals surface area contributed by atoms with Gasteiger partial charge in [0.25, 0.3) is 0 Å². The molecule has 0 aliphatic heterocycles. The van der Waals surface area contributed by atoms with Gasteiger partial charge in [-0.05, 0) is 18.2 Å². The highest BCUT2D eigenvalue weighted by molar-refractivity contribution is 7.89. The Morgan fingerprint density at radius 2 is 2.19 bits per heavy atom. The van der Waals surface area contributed by atoms with Crippen molar-refractivity contribution in [2.24, 2.45) is 5.73 Å². The average molecular weight is 331 g/mol. The summed E-state index contributed by atoms with van der Waals surface area (Å²) in [6.07, 6.45) is -0.0621. The molecule has 0 aliphatic rings. The van der Waals surface area contributed by atoms with Gasteiger partial charge in [0.1, 0.15) is 4.90 Å². The van der Waals surface area contributed by atoms with Crippen LogP contribution in [0.5, 0.6) is 0 Å². The van der Waals surface area contributed by atoms with E-state index < -0.39 is 16.0 Å². The van der Waals surface area contributed by atoms with Crippen molar-refractivity contribution in [2.75, 3.05) is 20.2 Å². The number of sulfonamides is 1. The van der Waals surface area contributed by atoms with E-state index in [1.165, 1.54) is 25.3 Å². The number of esters is 1. The number of ether oxygens (including phenoxy) is 1. The van der Waals surface area contributed by atoms with E-state index in [2.05, 4.69) is 21.3 Å². The molecule has 0 radical (unpaired) electrons. The van der Waals surface area contributed by atoms with Gasteiger partial charge >= 0.3 is 5.97 Å². The van der Waals surface area contributed by atoms with Gasteiger partial charge < -0.3 is 10.5 Å². The molecule has 8 heteroatoms. The van der Waals surface area contributed by atoms with Crippen molar-refractivity contribution in [3.63, 3.8) is 0 Å². The van der Waals surface area contributed by atoms with Gasteiger partial charge in [-0.1, -0.05) is 23.4 Å². The third-order valence-corrected chi connectivity index (χ3v) is 4.35. The lowest BCUT2D eigenvalue weighted by Gasteiger charge is -2.08. The van der Waals surface area contributed by atoms with Crippen LogP contribution >= 0.6 is 11.6 Å². The van der Waals surface area contributed by atoms with Gasteiger partial charge in [0, 0.05) is 12.1 Å². The molecule has 0 atom stereocenters. The van der Waals surface area contributed by atoms with Crippen molar-refractivity contribution in [3.8, 4) is 11.8 Å². The van der Waals surface area contributed by atoms with E-state index in [0.29, 0.717) is 5.56 Å². The summed E-state index contributed by atoms with van der Waals surface area (Å²) in [6, 6.07) is 4.33. The highest BCUT2D eigenvalue weighted by atomic mass is 35.5. The largest absolute Gasteiger partial charge is 0.469 e. The summed E-state index contributed by atoms with van der Waals surface area (Å²) in [5, 5.41) is 0.0457. The van der Waals surface area contributed by atoms with Gasteiger partial charge in [-0.25, -0.2) is 13.1 Å². The number of nitrogens with two attached hydrogens (primary N) is 1. The molecule has 0 amide bonds. The predicted molar refractivity (Wildman–Crippen MR) is 79.2 cm³/mol. The van der Waals surface area contributed by atoms with Crippen molar-refractivity contribution in [3.05, 3.63) is 28.8 Å². The van der Waals surface area contributed by atoms with Crippen molar-refractivity contribution in [2.45, 2.75) is 11.3 Å². The van der Waals surface area contributed by atoms with E-state index in [4.69, 9.17) is 17.3 Å². The fourth-order valence-corrected chi connectivity index (χ4v) is 2.99. The molecule has 1 rings (SSSR count). The number of hydrogen-bond acceptors (Lipinski definition) is 5. The third kappa shape index (κ3) is 5.36. The number of methoxy groups -OCH3 is 1. The molecule has 0 aliphatic carbocycles. The van der Waals surface area contributed by atoms with E-state index in [0.717, 1.165) is 0 Å². The molecule has 0 saturated heterocycles. The van der Waals surface area contributed by atoms with Gasteiger partial charge in [-0.2, -0.15) is 0 Å². The lowest BCUT2D eigenvalue weighted by Crippen LogP contribution is -2.26. The Balaban J connectivity index is 2.86. The zero-order valence-electron chi connectivity index (χ0n) is 11.3. The molecular weight excluding hydrogens is 316 g/mol. The van der Waals surface area contributed by atoms with Crippen molar-refractivity contribution in [1.82, 2.24) is 4.72 Å². The summed E-state index contributed by atoms with van der Waals surface area (Å²) >= 11 is 5.95. The molecule has 0 heterocycles. The Bertz CT molecular complexity index is 677. The quantitative estimate of drug-likeness (QED) is 0.605. The van der Waals surface area contributed by atoms with Crippen LogP contribution in [0.1, 0.15) is 12.0 Å². The summed E-state index contributed by atoms with van der Waals surface area (Å²) in [5.74, 6) is 4.90. The topological polar surface area (TPSA) is 98.5 Å². The Morgan fingerprint density at radius 1 is 1.48 bits per heavy atom. The molecule has 1 aromatic rings. The first-order valence-electron chi connectivity index (χ1n) is 5.95. The molecule has 0 saturated carbocycles. The van der Waals surface area contributed by atoms with Gasteiger partial charge in [0.05, 0.1) is 25.1 Å². The molecule has 0 spiro atoms. The van der Waals surface area contributed by atoms with Crippen LogP contribution in [0, 0.1) is 11.8 Å². The Kier molecular flexibility index (Phi) is 6.65. The van der Waals surface area contributed by atoms with Crippen LogP contribution < -0.4 is 10.5 Å². The van der Waals surface area contributed by atoms with Crippen LogP contribution in [0.15, 0.2) is 23.1 Å². The standard InChI is InChI=1S/C13H15ClN2O4S/c1-20-13(17)6-8-16-21(18,19)12-5-4-10(3-2-7-15)9-11(12)14/h4-5,9,16H,6-8,15H2,1H3. The molecule has 0 fully saturated rings. The normalized spacial score (nSPS) is 10.6. The third-order valence-electron chi connectivity index (χ3n) is 2.41. The summed E-state index contributed by atoms with van der Waals surface area (Å²) in [5.41, 5.74) is 5.82. The van der Waals surface area contributed by atoms with Crippen molar-refractivity contribution in [1.29, 1.82) is 0 Å². The fourth-order valence-electron chi connectivity index (χ4n) is 1.42. The van der Waals surface area contributed by atoms with Gasteiger partial charge in [0.2, 0.25) is 10.0 Å². The number of hydrogen-bond donors (Lipinski definition) is 2. The monoisotopic (exact) mass is 330 g/mol. The second-order valence-electron chi connectivity index (χ2n) is 3.88. The van der Waals surface area contributed by atoms with Crippen LogP contribution in [0.2, 0.25) is 5.02 Å². The maximum absolute atomic E-state index is 12.0. The Hall–Kier alpha value is -1.59. The molecule has 3 N–H and O–H groups in total. The van der Waals surface area contributed by atoms with E-state index in [1.807, 2.05) is 0 Å². The number of rotatable bonds is 5. The minimum absolute atomic E-state index is 0.0457. The van der Waals surface area contributed by atoms with E-state index in [9.17, 15) is 13.2 Å². The van der Waals surface area contributed by atoms with Crippen molar-refractivity contribution >= 4 is 27.6 Å². The predicted octanol–water partition coefficient (Wildman–Crippen LogP) is 0.492. The SMILES string of the molecule is COC(=O)CCNS(=O)(=O)c1ccc(C#CCN)cc1Cl. The van der Waals surface area contributed by atoms with Crippen LogP contribution in [-0.2, 0) is 19.6 Å². The summed E-state index contributed by atoms with van der Waals surface area (Å²) in [7, 11) is -2.56. The summed E-state index contributed by atoms with van der Waals surface area (Å²) in [6.45, 7) is 0.132. The lowest BCUT2D eigenvalue weighted by atomic mass is 10.2. The zero-order valence-corrected chi connectivity index (χ0v) is 12.9. The summed E-state index contributed by atoms with van der Waals surface area (Å²) < 4.78 is 30.8. The molecule has 6 nitrogen and oxygen atoms in total. The molecule has 1 aromatic carbocycles. The maximum Gasteiger partial charge on any atom is 0.306 e. The number of halogens is 1. The first-order valence-corrected chi connectivity index (χ1v) is 7.82. The molecule has 0 aromatic heterocycles. The van der Waals surface area contributed by atoms with E-state index in [1.54, 1.807) is 0 Å². The lowest BCUT2D eigenvalue weighted by molar-refractivity contribution is -0.140. The van der Waals surface area contributed by atoms with Gasteiger partial charge in [0.15, 0.2) is 0 Å². The molecular formula is C13H15ClN2O4S. The first-order chi connectivity index (χ1) is 9.90. The number of carbonyl (C=O) groups excluding carboxylic acids is 1. The zero-order chi connectivity index (χ0) is 15.9. The number of nitrogens with one attached hydrogen (secondary N) is 1. The highest BCUT2D eigenvalue weighted by Crippen LogP contribution is 2.22. The van der Waals surface area contributed by atoms with E-state index in [-0.39, 0.29) is 29.4 Å². The first kappa shape index (κ1) is 17.5. The summed E-state index contributed by atoms with van der Waals surface area (Å²) in [4.78, 5) is 10.9. The average Bonchev–Trinajstić information content (AvgIpc) is 2.44. The number of benzene rings is 1. The van der Waals surface area contributed by atoms with Gasteiger partial charge in [-0.15, -0.1) is 0 Å². The van der Waals surface area contributed by atoms with Crippen LogP contribution in [-0.4, -0.2) is 34.6 Å². The van der Waals surface area contributed by atoms with Crippen molar-refractivity contribution < 1.29 is 17.9 Å². The smallest absolute Gasteiger partial charge is 0.306 e. The molecule has 21 heavy (non-hydrogen) atoms. The molecule has 0 bridgehead atoms. The molecule has 114 valence electrons. The highest BCUT2D eigenvalue weighted by Gasteiger charge is 2.18. The number of carbonyl (C=O) groups is 1. The molecule has 0 unspecified atom stereocenters. The fraction of sp³-hybridized carbons (Fsp3) is 0.308. The van der Waals surface area contributed by atoms with Gasteiger partial charge in [-0.3, -0.25) is 4.79 Å². The Labute approximate surface area is 128 Å². The Morgan fingerprint density at radius 3 is 2.76 bits per heavy atom. The minimum Gasteiger partial charge on any atom is -0.469 e. The maximum atomic E-state index is 12.0. The van der Waals surface area contributed by atoms with E-state index >= 15 is 0 Å². The second kappa shape index (κ2) is 8.00. The van der Waals surface area contributed by atoms with Crippen LogP contribution in [0.25, 0.3) is 0 Å².